The van der Waals surface area contributed by atoms with Crippen LogP contribution in [-0.2, 0) is 32.6 Å². The molecule has 3 aromatic rings. The molecule has 0 aliphatic rings. The molecular formula is C29H34BrN3O4S. The molecule has 0 aromatic heterocycles. The molecule has 0 spiro atoms. The monoisotopic (exact) mass is 599 g/mol. The van der Waals surface area contributed by atoms with E-state index in [0.29, 0.717) is 12.1 Å². The van der Waals surface area contributed by atoms with Gasteiger partial charge in [-0.15, -0.1) is 0 Å². The van der Waals surface area contributed by atoms with Crippen molar-refractivity contribution in [3.8, 4) is 0 Å². The van der Waals surface area contributed by atoms with Crippen molar-refractivity contribution >= 4 is 43.5 Å². The van der Waals surface area contributed by atoms with E-state index in [1.807, 2.05) is 57.2 Å². The Morgan fingerprint density at radius 3 is 2.11 bits per heavy atom. The molecule has 1 N–H and O–H groups in total. The molecule has 202 valence electrons. The zero-order valence-corrected chi connectivity index (χ0v) is 24.5. The third-order valence-electron chi connectivity index (χ3n) is 6.12. The second-order valence-corrected chi connectivity index (χ2v) is 12.1. The average molecular weight is 601 g/mol. The van der Waals surface area contributed by atoms with Gasteiger partial charge >= 0.3 is 0 Å². The second-order valence-electron chi connectivity index (χ2n) is 9.29. The summed E-state index contributed by atoms with van der Waals surface area (Å²) in [7, 11) is -4.08. The number of aryl methyl sites for hydroxylation is 1. The summed E-state index contributed by atoms with van der Waals surface area (Å²) in [6, 6.07) is 21.7. The minimum atomic E-state index is -4.08. The Bertz CT molecular complexity index is 1350. The maximum absolute atomic E-state index is 13.9. The van der Waals surface area contributed by atoms with Crippen molar-refractivity contribution in [2.45, 2.75) is 57.6 Å². The van der Waals surface area contributed by atoms with E-state index in [9.17, 15) is 18.0 Å². The Kier molecular flexibility index (Phi) is 10.1. The quantitative estimate of drug-likeness (QED) is 0.330. The van der Waals surface area contributed by atoms with E-state index in [1.165, 1.54) is 17.0 Å². The normalized spacial score (nSPS) is 12.2. The highest BCUT2D eigenvalue weighted by Gasteiger charge is 2.33. The van der Waals surface area contributed by atoms with Crippen LogP contribution >= 0.6 is 15.9 Å². The van der Waals surface area contributed by atoms with Gasteiger partial charge in [-0.25, -0.2) is 8.42 Å². The number of hydrogen-bond donors (Lipinski definition) is 1. The van der Waals surface area contributed by atoms with Crippen LogP contribution in [0.3, 0.4) is 0 Å². The standard InChI is InChI=1S/C29H34BrN3O4S/c1-5-24-11-9-10-14-27(24)33(38(36,37)26-12-7-6-8-13-26)20-28(34)32(22(4)29(35)31-21(2)3)19-23-15-17-25(30)18-16-23/h6-18,21-22H,5,19-20H2,1-4H3,(H,31,35)/t22-/m0/s1. The van der Waals surface area contributed by atoms with Crippen LogP contribution in [0.1, 0.15) is 38.8 Å². The van der Waals surface area contributed by atoms with Gasteiger partial charge in [-0.2, -0.15) is 0 Å². The van der Waals surface area contributed by atoms with Gasteiger partial charge in [-0.3, -0.25) is 13.9 Å². The van der Waals surface area contributed by atoms with Gasteiger partial charge in [0.05, 0.1) is 10.6 Å². The van der Waals surface area contributed by atoms with Crippen LogP contribution in [0, 0.1) is 0 Å². The number of benzene rings is 3. The predicted molar refractivity (Wildman–Crippen MR) is 154 cm³/mol. The molecule has 0 aliphatic carbocycles. The molecule has 0 fully saturated rings. The van der Waals surface area contributed by atoms with Gasteiger partial charge in [0.25, 0.3) is 10.0 Å². The van der Waals surface area contributed by atoms with E-state index >= 15 is 0 Å². The summed E-state index contributed by atoms with van der Waals surface area (Å²) in [5.41, 5.74) is 2.05. The highest BCUT2D eigenvalue weighted by atomic mass is 79.9. The number of sulfonamides is 1. The van der Waals surface area contributed by atoms with Crippen LogP contribution < -0.4 is 9.62 Å². The fourth-order valence-electron chi connectivity index (χ4n) is 4.06. The smallest absolute Gasteiger partial charge is 0.264 e. The summed E-state index contributed by atoms with van der Waals surface area (Å²) in [6.07, 6.45) is 0.584. The Morgan fingerprint density at radius 2 is 1.50 bits per heavy atom. The fourth-order valence-corrected chi connectivity index (χ4v) is 5.80. The summed E-state index contributed by atoms with van der Waals surface area (Å²) in [5, 5.41) is 2.86. The van der Waals surface area contributed by atoms with E-state index in [4.69, 9.17) is 0 Å². The van der Waals surface area contributed by atoms with Gasteiger partial charge in [-0.05, 0) is 68.7 Å². The number of para-hydroxylation sites is 1. The third-order valence-corrected chi connectivity index (χ3v) is 8.42. The number of carbonyl (C=O) groups excluding carboxylic acids is 2. The molecule has 0 radical (unpaired) electrons. The lowest BCUT2D eigenvalue weighted by Gasteiger charge is -2.33. The van der Waals surface area contributed by atoms with E-state index in [1.54, 1.807) is 37.3 Å². The highest BCUT2D eigenvalue weighted by Crippen LogP contribution is 2.28. The zero-order chi connectivity index (χ0) is 27.9. The summed E-state index contributed by atoms with van der Waals surface area (Å²) >= 11 is 3.42. The van der Waals surface area contributed by atoms with Gasteiger partial charge in [0, 0.05) is 17.1 Å². The van der Waals surface area contributed by atoms with Crippen molar-refractivity contribution in [3.05, 3.63) is 94.5 Å². The molecule has 1 atom stereocenters. The number of nitrogens with zero attached hydrogens (tertiary/aromatic N) is 2. The first-order chi connectivity index (χ1) is 18.0. The maximum Gasteiger partial charge on any atom is 0.264 e. The van der Waals surface area contributed by atoms with Gasteiger partial charge in [0.1, 0.15) is 12.6 Å². The summed E-state index contributed by atoms with van der Waals surface area (Å²) in [6.45, 7) is 6.98. The third kappa shape index (κ3) is 7.23. The molecule has 0 heterocycles. The van der Waals surface area contributed by atoms with Crippen molar-refractivity contribution < 1.29 is 18.0 Å². The second kappa shape index (κ2) is 13.1. The summed E-state index contributed by atoms with van der Waals surface area (Å²) < 4.78 is 29.8. The molecular weight excluding hydrogens is 566 g/mol. The number of amides is 2. The summed E-state index contributed by atoms with van der Waals surface area (Å²) in [5.74, 6) is -0.790. The predicted octanol–water partition coefficient (Wildman–Crippen LogP) is 5.15. The van der Waals surface area contributed by atoms with E-state index < -0.39 is 28.5 Å². The largest absolute Gasteiger partial charge is 0.352 e. The lowest BCUT2D eigenvalue weighted by Crippen LogP contribution is -2.52. The number of halogens is 1. The van der Waals surface area contributed by atoms with Crippen LogP contribution in [-0.4, -0.2) is 43.8 Å². The molecule has 9 heteroatoms. The molecule has 3 aromatic carbocycles. The fraction of sp³-hybridized carbons (Fsp3) is 0.310. The first-order valence-electron chi connectivity index (χ1n) is 12.5. The zero-order valence-electron chi connectivity index (χ0n) is 22.1. The molecule has 38 heavy (non-hydrogen) atoms. The van der Waals surface area contributed by atoms with Crippen LogP contribution in [0.25, 0.3) is 0 Å². The van der Waals surface area contributed by atoms with Crippen molar-refractivity contribution in [2.75, 3.05) is 10.8 Å². The molecule has 7 nitrogen and oxygen atoms in total. The minimum absolute atomic E-state index is 0.0868. The Balaban J connectivity index is 2.05. The Hall–Kier alpha value is -3.17. The molecule has 0 saturated heterocycles. The van der Waals surface area contributed by atoms with E-state index in [-0.39, 0.29) is 23.4 Å². The number of rotatable bonds is 11. The Labute approximate surface area is 234 Å². The molecule has 0 aliphatic heterocycles. The van der Waals surface area contributed by atoms with Gasteiger partial charge < -0.3 is 10.2 Å². The van der Waals surface area contributed by atoms with Gasteiger partial charge in [0.15, 0.2) is 0 Å². The first kappa shape index (κ1) is 29.4. The molecule has 2 amide bonds. The van der Waals surface area contributed by atoms with Crippen LogP contribution in [0.15, 0.2) is 88.2 Å². The van der Waals surface area contributed by atoms with Crippen molar-refractivity contribution in [3.63, 3.8) is 0 Å². The van der Waals surface area contributed by atoms with Crippen LogP contribution in [0.2, 0.25) is 0 Å². The van der Waals surface area contributed by atoms with E-state index in [2.05, 4.69) is 21.2 Å². The van der Waals surface area contributed by atoms with Crippen molar-refractivity contribution in [1.29, 1.82) is 0 Å². The number of nitrogens with one attached hydrogen (secondary N) is 1. The molecule has 0 bridgehead atoms. The van der Waals surface area contributed by atoms with Crippen molar-refractivity contribution in [1.82, 2.24) is 10.2 Å². The lowest BCUT2D eigenvalue weighted by atomic mass is 10.1. The molecule has 0 unspecified atom stereocenters. The summed E-state index contributed by atoms with van der Waals surface area (Å²) in [4.78, 5) is 28.4. The maximum atomic E-state index is 13.9. The highest BCUT2D eigenvalue weighted by molar-refractivity contribution is 9.10. The topological polar surface area (TPSA) is 86.8 Å². The average Bonchev–Trinajstić information content (AvgIpc) is 2.90. The van der Waals surface area contributed by atoms with E-state index in [0.717, 1.165) is 19.9 Å². The van der Waals surface area contributed by atoms with Gasteiger partial charge in [-0.1, -0.05) is 71.4 Å². The SMILES string of the molecule is CCc1ccccc1N(CC(=O)N(Cc1ccc(Br)cc1)[C@@H](C)C(=O)NC(C)C)S(=O)(=O)c1ccccc1. The van der Waals surface area contributed by atoms with Crippen LogP contribution in [0.5, 0.6) is 0 Å². The van der Waals surface area contributed by atoms with Gasteiger partial charge in [0.2, 0.25) is 11.8 Å². The number of anilines is 1. The Morgan fingerprint density at radius 1 is 0.895 bits per heavy atom. The number of hydrogen-bond acceptors (Lipinski definition) is 4. The van der Waals surface area contributed by atoms with Crippen molar-refractivity contribution in [2.24, 2.45) is 0 Å². The molecule has 3 rings (SSSR count). The van der Waals surface area contributed by atoms with Crippen LogP contribution in [0.4, 0.5) is 5.69 Å². The number of carbonyl (C=O) groups is 2. The lowest BCUT2D eigenvalue weighted by molar-refractivity contribution is -0.139. The minimum Gasteiger partial charge on any atom is -0.352 e. The molecule has 0 saturated carbocycles. The first-order valence-corrected chi connectivity index (χ1v) is 14.8.